The lowest BCUT2D eigenvalue weighted by atomic mass is 10.1. The van der Waals surface area contributed by atoms with Crippen LogP contribution in [0.2, 0.25) is 5.02 Å². The highest BCUT2D eigenvalue weighted by Gasteiger charge is 2.17. The van der Waals surface area contributed by atoms with E-state index in [9.17, 15) is 22.0 Å². The van der Waals surface area contributed by atoms with Crippen LogP contribution in [0.25, 0.3) is 11.0 Å². The number of hydrogen-bond donors (Lipinski definition) is 2. The normalized spacial score (nSPS) is 12.0. The second kappa shape index (κ2) is 9.00. The third kappa shape index (κ3) is 5.02. The molecule has 0 saturated carbocycles. The van der Waals surface area contributed by atoms with Gasteiger partial charge in [0.25, 0.3) is 15.9 Å². The zero-order valence-electron chi connectivity index (χ0n) is 16.6. The Labute approximate surface area is 191 Å². The lowest BCUT2D eigenvalue weighted by Gasteiger charge is -2.08. The number of benzene rings is 3. The van der Waals surface area contributed by atoms with Gasteiger partial charge in [-0.1, -0.05) is 29.8 Å². The molecule has 0 fully saturated rings. The van der Waals surface area contributed by atoms with Gasteiger partial charge >= 0.3 is 0 Å². The number of halogens is 3. The summed E-state index contributed by atoms with van der Waals surface area (Å²) in [4.78, 5) is 14.8. The fraction of sp³-hybridized carbons (Fsp3) is 0. The largest absolute Gasteiger partial charge is 0.436 e. The van der Waals surface area contributed by atoms with E-state index in [-0.39, 0.29) is 21.7 Å². The van der Waals surface area contributed by atoms with Crippen molar-refractivity contribution in [2.75, 3.05) is 5.32 Å². The number of para-hydroxylation sites is 1. The first-order valence-electron chi connectivity index (χ1n) is 9.33. The average Bonchev–Trinajstić information content (AvgIpc) is 2.80. The van der Waals surface area contributed by atoms with Crippen LogP contribution >= 0.6 is 11.6 Å². The van der Waals surface area contributed by atoms with Crippen molar-refractivity contribution in [1.29, 1.82) is 0 Å². The summed E-state index contributed by atoms with van der Waals surface area (Å²) < 4.78 is 57.4. The molecule has 1 aromatic heterocycles. The summed E-state index contributed by atoms with van der Waals surface area (Å²) in [6.07, 6.45) is 0. The second-order valence-corrected chi connectivity index (χ2v) is 8.84. The van der Waals surface area contributed by atoms with Crippen molar-refractivity contribution in [1.82, 2.24) is 4.83 Å². The van der Waals surface area contributed by atoms with Crippen molar-refractivity contribution in [2.24, 2.45) is 5.10 Å². The Morgan fingerprint density at radius 2 is 1.67 bits per heavy atom. The molecule has 1 amide bonds. The van der Waals surface area contributed by atoms with E-state index in [0.717, 1.165) is 12.1 Å². The number of nitrogens with one attached hydrogen (secondary N) is 2. The van der Waals surface area contributed by atoms with E-state index in [2.05, 4.69) is 10.4 Å². The van der Waals surface area contributed by atoms with Gasteiger partial charge in [-0.15, -0.1) is 5.10 Å². The summed E-state index contributed by atoms with van der Waals surface area (Å²) in [7, 11) is -4.10. The van der Waals surface area contributed by atoms with Gasteiger partial charge < -0.3 is 9.73 Å². The Balaban J connectivity index is 1.74. The minimum Gasteiger partial charge on any atom is -0.436 e. The number of nitrogens with zero attached hydrogens (tertiary/aromatic N) is 1. The molecule has 0 saturated heterocycles. The monoisotopic (exact) mass is 489 g/mol. The van der Waals surface area contributed by atoms with E-state index in [1.54, 1.807) is 24.3 Å². The van der Waals surface area contributed by atoms with Crippen LogP contribution in [0.5, 0.6) is 0 Å². The highest BCUT2D eigenvalue weighted by atomic mass is 35.5. The van der Waals surface area contributed by atoms with E-state index < -0.39 is 27.6 Å². The summed E-state index contributed by atoms with van der Waals surface area (Å²) in [6, 6.07) is 16.3. The fourth-order valence-corrected chi connectivity index (χ4v) is 3.78. The van der Waals surface area contributed by atoms with Crippen LogP contribution in [0, 0.1) is 11.6 Å². The topological polar surface area (TPSA) is 101 Å². The van der Waals surface area contributed by atoms with Crippen LogP contribution in [-0.4, -0.2) is 14.3 Å². The van der Waals surface area contributed by atoms with Crippen molar-refractivity contribution < 1.29 is 26.4 Å². The third-order valence-corrected chi connectivity index (χ3v) is 5.95. The van der Waals surface area contributed by atoms with Gasteiger partial charge in [0.05, 0.1) is 4.90 Å². The van der Waals surface area contributed by atoms with E-state index in [1.165, 1.54) is 36.4 Å². The molecule has 33 heavy (non-hydrogen) atoms. The lowest BCUT2D eigenvalue weighted by Crippen LogP contribution is -2.27. The number of amides is 1. The highest BCUT2D eigenvalue weighted by Crippen LogP contribution is 2.17. The van der Waals surface area contributed by atoms with Gasteiger partial charge in [-0.3, -0.25) is 4.79 Å². The molecule has 0 radical (unpaired) electrons. The molecule has 0 aliphatic carbocycles. The first kappa shape index (κ1) is 22.4. The first-order chi connectivity index (χ1) is 15.7. The summed E-state index contributed by atoms with van der Waals surface area (Å²) in [5.74, 6) is -2.99. The van der Waals surface area contributed by atoms with Crippen molar-refractivity contribution in [3.8, 4) is 0 Å². The van der Waals surface area contributed by atoms with E-state index in [0.29, 0.717) is 16.0 Å². The van der Waals surface area contributed by atoms with Gasteiger partial charge in [0, 0.05) is 22.2 Å². The van der Waals surface area contributed by atoms with Gasteiger partial charge in [0.2, 0.25) is 5.55 Å². The van der Waals surface area contributed by atoms with E-state index in [1.807, 2.05) is 4.83 Å². The van der Waals surface area contributed by atoms with Crippen LogP contribution in [0.4, 0.5) is 14.5 Å². The maximum atomic E-state index is 13.5. The Bertz CT molecular complexity index is 1540. The standard InChI is InChI=1S/C22H14ClF2N3O4S/c23-14-5-8-16(9-6-14)33(30,31)28-27-22-17(11-13-3-1-2-4-20(13)32-22)21(29)26-15-7-10-18(24)19(25)12-15/h1-12,28H,(H,26,29)/b27-22+. The van der Waals surface area contributed by atoms with Crippen LogP contribution in [-0.2, 0) is 10.0 Å². The van der Waals surface area contributed by atoms with Gasteiger partial charge in [-0.05, 0) is 48.5 Å². The summed E-state index contributed by atoms with van der Waals surface area (Å²) >= 11 is 5.79. The molecular formula is C22H14ClF2N3O4S. The Kier molecular flexibility index (Phi) is 6.12. The van der Waals surface area contributed by atoms with Crippen molar-refractivity contribution >= 4 is 44.2 Å². The van der Waals surface area contributed by atoms with Crippen LogP contribution < -0.4 is 15.7 Å². The smallest absolute Gasteiger partial charge is 0.276 e. The van der Waals surface area contributed by atoms with Crippen LogP contribution in [0.3, 0.4) is 0 Å². The Hall–Kier alpha value is -3.76. The van der Waals surface area contributed by atoms with Gasteiger partial charge in [-0.2, -0.15) is 13.2 Å². The molecule has 0 aliphatic rings. The molecule has 0 bridgehead atoms. The number of anilines is 1. The third-order valence-electron chi connectivity index (χ3n) is 4.47. The second-order valence-electron chi connectivity index (χ2n) is 6.75. The predicted molar refractivity (Wildman–Crippen MR) is 118 cm³/mol. The molecule has 168 valence electrons. The molecular weight excluding hydrogens is 476 g/mol. The van der Waals surface area contributed by atoms with Gasteiger partial charge in [0.15, 0.2) is 11.6 Å². The van der Waals surface area contributed by atoms with Crippen LogP contribution in [0.15, 0.2) is 87.2 Å². The molecule has 7 nitrogen and oxygen atoms in total. The fourth-order valence-electron chi connectivity index (χ4n) is 2.86. The molecule has 0 aliphatic heterocycles. The predicted octanol–water partition coefficient (Wildman–Crippen LogP) is 4.41. The minimum absolute atomic E-state index is 0.0141. The van der Waals surface area contributed by atoms with Gasteiger partial charge in [-0.25, -0.2) is 8.78 Å². The number of hydrogen-bond acceptors (Lipinski definition) is 5. The zero-order chi connectivity index (χ0) is 23.6. The highest BCUT2D eigenvalue weighted by molar-refractivity contribution is 7.89. The lowest BCUT2D eigenvalue weighted by molar-refractivity contribution is 0.102. The first-order valence-corrected chi connectivity index (χ1v) is 11.2. The molecule has 0 atom stereocenters. The zero-order valence-corrected chi connectivity index (χ0v) is 18.1. The molecule has 4 aromatic rings. The summed E-state index contributed by atoms with van der Waals surface area (Å²) in [5.41, 5.74) is -0.158. The van der Waals surface area contributed by atoms with Gasteiger partial charge in [0.1, 0.15) is 11.1 Å². The van der Waals surface area contributed by atoms with Crippen LogP contribution in [0.1, 0.15) is 10.4 Å². The minimum atomic E-state index is -4.10. The maximum Gasteiger partial charge on any atom is 0.276 e. The molecule has 11 heteroatoms. The number of fused-ring (bicyclic) bond motifs is 1. The molecule has 2 N–H and O–H groups in total. The summed E-state index contributed by atoms with van der Waals surface area (Å²) in [6.45, 7) is 0. The maximum absolute atomic E-state index is 13.5. The van der Waals surface area contributed by atoms with E-state index >= 15 is 0 Å². The Morgan fingerprint density at radius 1 is 0.939 bits per heavy atom. The number of sulfonamides is 1. The van der Waals surface area contributed by atoms with Crippen molar-refractivity contribution in [3.05, 3.63) is 101 Å². The number of carbonyl (C=O) groups excluding carboxylic acids is 1. The van der Waals surface area contributed by atoms with Crippen molar-refractivity contribution in [2.45, 2.75) is 4.90 Å². The van der Waals surface area contributed by atoms with E-state index in [4.69, 9.17) is 16.0 Å². The molecule has 1 heterocycles. The molecule has 4 rings (SSSR count). The molecule has 3 aromatic carbocycles. The number of carbonyl (C=O) groups is 1. The molecule has 0 unspecified atom stereocenters. The number of rotatable bonds is 5. The Morgan fingerprint density at radius 3 is 2.39 bits per heavy atom. The summed E-state index contributed by atoms with van der Waals surface area (Å²) in [5, 5.41) is 7.09. The quantitative estimate of drug-likeness (QED) is 0.405. The van der Waals surface area contributed by atoms with Crippen molar-refractivity contribution in [3.63, 3.8) is 0 Å². The average molecular weight is 490 g/mol. The SMILES string of the molecule is O=C(Nc1ccc(F)c(F)c1)c1cc2ccccc2o/c1=N/NS(=O)(=O)c1ccc(Cl)cc1. The molecule has 0 spiro atoms.